The van der Waals surface area contributed by atoms with Crippen LogP contribution in [0.3, 0.4) is 0 Å². The molecule has 0 aliphatic carbocycles. The van der Waals surface area contributed by atoms with E-state index in [9.17, 15) is 9.59 Å². The van der Waals surface area contributed by atoms with Crippen molar-refractivity contribution in [3.8, 4) is 0 Å². The molecule has 4 heterocycles. The maximum absolute atomic E-state index is 12.5. The van der Waals surface area contributed by atoms with Crippen molar-refractivity contribution < 1.29 is 14.3 Å². The van der Waals surface area contributed by atoms with E-state index < -0.39 is 0 Å². The Kier molecular flexibility index (Phi) is 5.57. The fourth-order valence-electron chi connectivity index (χ4n) is 3.56. The van der Waals surface area contributed by atoms with Crippen LogP contribution in [-0.2, 0) is 11.3 Å². The van der Waals surface area contributed by atoms with E-state index in [1.165, 1.54) is 0 Å². The van der Waals surface area contributed by atoms with Gasteiger partial charge in [0.1, 0.15) is 11.5 Å². The molecular formula is C20H25N5O3. The minimum Gasteiger partial charge on any atom is -0.378 e. The first-order chi connectivity index (χ1) is 13.7. The van der Waals surface area contributed by atoms with Gasteiger partial charge in [-0.1, -0.05) is 0 Å². The molecule has 8 nitrogen and oxygen atoms in total. The molecule has 0 aromatic carbocycles. The van der Waals surface area contributed by atoms with Crippen LogP contribution in [0.5, 0.6) is 0 Å². The fourth-order valence-corrected chi connectivity index (χ4v) is 3.56. The number of pyridine rings is 1. The smallest absolute Gasteiger partial charge is 0.270 e. The molecule has 2 aromatic heterocycles. The molecular weight excluding hydrogens is 358 g/mol. The number of aromatic amines is 1. The van der Waals surface area contributed by atoms with Gasteiger partial charge in [0.05, 0.1) is 18.8 Å². The lowest BCUT2D eigenvalue weighted by atomic mass is 10.2. The van der Waals surface area contributed by atoms with E-state index in [4.69, 9.17) is 4.74 Å². The molecule has 28 heavy (non-hydrogen) atoms. The number of ether oxygens (including phenoxy) is 1. The quantitative estimate of drug-likeness (QED) is 0.815. The maximum atomic E-state index is 12.5. The zero-order valence-corrected chi connectivity index (χ0v) is 15.8. The fraction of sp³-hybridized carbons (Fsp3) is 0.450. The number of H-pyrrole nitrogens is 1. The van der Waals surface area contributed by atoms with Gasteiger partial charge in [0.15, 0.2) is 0 Å². The Labute approximate surface area is 163 Å². The molecule has 0 spiro atoms. The van der Waals surface area contributed by atoms with Gasteiger partial charge >= 0.3 is 0 Å². The van der Waals surface area contributed by atoms with Gasteiger partial charge in [-0.3, -0.25) is 9.59 Å². The van der Waals surface area contributed by atoms with Gasteiger partial charge in [-0.25, -0.2) is 4.98 Å². The highest BCUT2D eigenvalue weighted by atomic mass is 16.5. The van der Waals surface area contributed by atoms with Gasteiger partial charge in [0, 0.05) is 45.1 Å². The molecule has 148 valence electrons. The number of hydrogen-bond donors (Lipinski definition) is 2. The molecule has 2 aliphatic heterocycles. The van der Waals surface area contributed by atoms with Crippen LogP contribution in [0.4, 0.5) is 5.82 Å². The Bertz CT molecular complexity index is 838. The highest BCUT2D eigenvalue weighted by molar-refractivity contribution is 5.99. The lowest BCUT2D eigenvalue weighted by Crippen LogP contribution is -2.36. The van der Waals surface area contributed by atoms with Crippen LogP contribution in [0.2, 0.25) is 0 Å². The molecule has 2 fully saturated rings. The molecule has 0 atom stereocenters. The van der Waals surface area contributed by atoms with Crippen molar-refractivity contribution in [3.63, 3.8) is 0 Å². The Hall–Kier alpha value is -2.87. The molecule has 2 amide bonds. The second-order valence-corrected chi connectivity index (χ2v) is 7.11. The molecule has 2 saturated heterocycles. The van der Waals surface area contributed by atoms with Crippen molar-refractivity contribution >= 4 is 17.6 Å². The summed E-state index contributed by atoms with van der Waals surface area (Å²) < 4.78 is 5.37. The number of nitrogens with zero attached hydrogens (tertiary/aromatic N) is 3. The van der Waals surface area contributed by atoms with Gasteiger partial charge in [0.25, 0.3) is 11.8 Å². The summed E-state index contributed by atoms with van der Waals surface area (Å²) in [6.45, 7) is 5.02. The summed E-state index contributed by atoms with van der Waals surface area (Å²) in [6, 6.07) is 5.51. The van der Waals surface area contributed by atoms with Crippen LogP contribution in [0.1, 0.15) is 39.3 Å². The normalized spacial score (nSPS) is 17.0. The van der Waals surface area contributed by atoms with E-state index in [0.29, 0.717) is 31.0 Å². The Balaban J connectivity index is 1.35. The third kappa shape index (κ3) is 4.17. The lowest BCUT2D eigenvalue weighted by molar-refractivity contribution is 0.0787. The highest BCUT2D eigenvalue weighted by Crippen LogP contribution is 2.15. The maximum Gasteiger partial charge on any atom is 0.270 e. The minimum atomic E-state index is -0.207. The Morgan fingerprint density at radius 3 is 2.71 bits per heavy atom. The van der Waals surface area contributed by atoms with Gasteiger partial charge in [0.2, 0.25) is 0 Å². The number of amides is 2. The first-order valence-electron chi connectivity index (χ1n) is 9.74. The third-order valence-electron chi connectivity index (χ3n) is 5.17. The zero-order chi connectivity index (χ0) is 19.3. The van der Waals surface area contributed by atoms with Crippen molar-refractivity contribution in [2.45, 2.75) is 19.4 Å². The van der Waals surface area contributed by atoms with Crippen LogP contribution in [0.15, 0.2) is 30.6 Å². The average Bonchev–Trinajstić information content (AvgIpc) is 3.45. The first-order valence-corrected chi connectivity index (χ1v) is 9.74. The zero-order valence-electron chi connectivity index (χ0n) is 15.8. The lowest BCUT2D eigenvalue weighted by Gasteiger charge is -2.28. The van der Waals surface area contributed by atoms with Gasteiger partial charge in [-0.05, 0) is 36.6 Å². The van der Waals surface area contributed by atoms with E-state index in [1.807, 2.05) is 17.0 Å². The third-order valence-corrected chi connectivity index (χ3v) is 5.17. The Morgan fingerprint density at radius 2 is 1.93 bits per heavy atom. The molecule has 8 heteroatoms. The number of aromatic nitrogens is 2. The Morgan fingerprint density at radius 1 is 1.14 bits per heavy atom. The first kappa shape index (κ1) is 18.5. The molecule has 4 rings (SSSR count). The van der Waals surface area contributed by atoms with E-state index in [2.05, 4.69) is 20.2 Å². The van der Waals surface area contributed by atoms with Gasteiger partial charge in [-0.2, -0.15) is 0 Å². The second-order valence-electron chi connectivity index (χ2n) is 7.11. The summed E-state index contributed by atoms with van der Waals surface area (Å²) in [5, 5.41) is 2.91. The number of nitrogens with one attached hydrogen (secondary N) is 2. The van der Waals surface area contributed by atoms with E-state index in [-0.39, 0.29) is 11.8 Å². The number of carbonyl (C=O) groups is 2. The average molecular weight is 383 g/mol. The number of carbonyl (C=O) groups excluding carboxylic acids is 2. The van der Waals surface area contributed by atoms with Crippen LogP contribution < -0.4 is 10.2 Å². The number of morpholine rings is 1. The van der Waals surface area contributed by atoms with Crippen molar-refractivity contribution in [1.82, 2.24) is 20.2 Å². The van der Waals surface area contributed by atoms with Gasteiger partial charge in [-0.15, -0.1) is 0 Å². The van der Waals surface area contributed by atoms with Crippen molar-refractivity contribution in [2.75, 3.05) is 44.3 Å². The summed E-state index contributed by atoms with van der Waals surface area (Å²) >= 11 is 0. The summed E-state index contributed by atoms with van der Waals surface area (Å²) in [6.07, 6.45) is 5.43. The molecule has 2 aliphatic rings. The molecule has 2 N–H and O–H groups in total. The second kappa shape index (κ2) is 8.43. The van der Waals surface area contributed by atoms with Crippen LogP contribution in [0, 0.1) is 0 Å². The highest BCUT2D eigenvalue weighted by Gasteiger charge is 2.21. The molecule has 0 radical (unpaired) electrons. The predicted octanol–water partition coefficient (Wildman–Crippen LogP) is 1.41. The number of anilines is 1. The van der Waals surface area contributed by atoms with Gasteiger partial charge < -0.3 is 24.8 Å². The summed E-state index contributed by atoms with van der Waals surface area (Å²) in [7, 11) is 0. The number of likely N-dealkylation sites (tertiary alicyclic amines) is 1. The monoisotopic (exact) mass is 383 g/mol. The topological polar surface area (TPSA) is 90.6 Å². The van der Waals surface area contributed by atoms with Crippen molar-refractivity contribution in [1.29, 1.82) is 0 Å². The summed E-state index contributed by atoms with van der Waals surface area (Å²) in [5.74, 6) is 0.650. The molecule has 2 aromatic rings. The SMILES string of the molecule is O=C(NCc1ccnc(N2CCOCC2)c1)c1c[nH]c(C(=O)N2CCCC2)c1. The summed E-state index contributed by atoms with van der Waals surface area (Å²) in [5.41, 5.74) is 1.91. The van der Waals surface area contributed by atoms with Crippen LogP contribution in [0.25, 0.3) is 0 Å². The molecule has 0 bridgehead atoms. The van der Waals surface area contributed by atoms with Crippen molar-refractivity contribution in [2.24, 2.45) is 0 Å². The predicted molar refractivity (Wildman–Crippen MR) is 104 cm³/mol. The molecule has 0 unspecified atom stereocenters. The largest absolute Gasteiger partial charge is 0.378 e. The summed E-state index contributed by atoms with van der Waals surface area (Å²) in [4.78, 5) is 36.2. The number of hydrogen-bond acceptors (Lipinski definition) is 5. The van der Waals surface area contributed by atoms with E-state index in [0.717, 1.165) is 50.4 Å². The number of rotatable bonds is 5. The molecule has 0 saturated carbocycles. The van der Waals surface area contributed by atoms with E-state index >= 15 is 0 Å². The minimum absolute atomic E-state index is 0.0409. The van der Waals surface area contributed by atoms with Crippen LogP contribution in [-0.4, -0.2) is 66.1 Å². The van der Waals surface area contributed by atoms with Crippen LogP contribution >= 0.6 is 0 Å². The van der Waals surface area contributed by atoms with Crippen molar-refractivity contribution in [3.05, 3.63) is 47.4 Å². The standard InChI is InChI=1S/C20H25N5O3/c26-19(16-12-17(22-14-16)20(27)25-5-1-2-6-25)23-13-15-3-4-21-18(11-15)24-7-9-28-10-8-24/h3-4,11-12,14,22H,1-2,5-10,13H2,(H,23,26). The van der Waals surface area contributed by atoms with E-state index in [1.54, 1.807) is 18.5 Å².